The third-order valence-corrected chi connectivity index (χ3v) is 3.74. The number of nitrogens with one attached hydrogen (secondary N) is 1. The molecule has 2 aromatic carbocycles. The van der Waals surface area contributed by atoms with Crippen LogP contribution in [0.1, 0.15) is 0 Å². The highest BCUT2D eigenvalue weighted by Crippen LogP contribution is 2.24. The molecule has 0 aliphatic heterocycles. The summed E-state index contributed by atoms with van der Waals surface area (Å²) in [5, 5.41) is 11.7. The maximum atomic E-state index is 8.60. The molecule has 0 fully saturated rings. The molecule has 0 atom stereocenters. The molecule has 3 nitrogen and oxygen atoms in total. The highest BCUT2D eigenvalue weighted by Gasteiger charge is 1.99. The number of benzene rings is 2. The molecule has 0 aliphatic carbocycles. The van der Waals surface area contributed by atoms with Crippen molar-refractivity contribution in [2.45, 2.75) is 0 Å². The largest absolute Gasteiger partial charge is 0.271 e. The lowest BCUT2D eigenvalue weighted by Crippen LogP contribution is -2.12. The van der Waals surface area contributed by atoms with E-state index in [4.69, 9.17) is 5.26 Å². The average Bonchev–Trinajstić information content (AvgIpc) is 2.48. The average molecular weight is 346 g/mol. The Hall–Kier alpha value is -1.77. The van der Waals surface area contributed by atoms with Crippen LogP contribution in [0.5, 0.6) is 0 Å². The van der Waals surface area contributed by atoms with Crippen LogP contribution in [0.25, 0.3) is 11.1 Å². The van der Waals surface area contributed by atoms with Crippen LogP contribution >= 0.6 is 27.7 Å². The van der Waals surface area contributed by atoms with E-state index in [1.54, 1.807) is 0 Å². The van der Waals surface area contributed by atoms with Crippen molar-refractivity contribution in [1.29, 1.82) is 5.26 Å². The predicted octanol–water partition coefficient (Wildman–Crippen LogP) is 4.54. The lowest BCUT2D eigenvalue weighted by atomic mass is 10.1. The molecule has 0 amide bonds. The third-order valence-electron chi connectivity index (χ3n) is 2.63. The van der Waals surface area contributed by atoms with Crippen LogP contribution in [0.3, 0.4) is 0 Å². The Morgan fingerprint density at radius 3 is 2.15 bits per heavy atom. The van der Waals surface area contributed by atoms with E-state index in [9.17, 15) is 0 Å². The van der Waals surface area contributed by atoms with Gasteiger partial charge in [-0.15, -0.1) is 0 Å². The van der Waals surface area contributed by atoms with Gasteiger partial charge in [-0.05, 0) is 41.6 Å². The summed E-state index contributed by atoms with van der Waals surface area (Å²) < 4.78 is 1.06. The third kappa shape index (κ3) is 3.86. The molecule has 0 heterocycles. The van der Waals surface area contributed by atoms with E-state index in [0.29, 0.717) is 5.17 Å². The van der Waals surface area contributed by atoms with Gasteiger partial charge in [-0.3, -0.25) is 5.32 Å². The first-order valence-electron chi connectivity index (χ1n) is 5.86. The van der Waals surface area contributed by atoms with Crippen molar-refractivity contribution >= 4 is 38.5 Å². The highest BCUT2D eigenvalue weighted by atomic mass is 79.9. The Morgan fingerprint density at radius 2 is 1.65 bits per heavy atom. The molecule has 5 heteroatoms. The molecule has 20 heavy (non-hydrogen) atoms. The van der Waals surface area contributed by atoms with Crippen LogP contribution in [-0.4, -0.2) is 11.4 Å². The summed E-state index contributed by atoms with van der Waals surface area (Å²) in [6.07, 6.45) is 3.75. The number of thioether (sulfide) groups is 1. The Bertz CT molecular complexity index is 642. The maximum absolute atomic E-state index is 8.60. The van der Waals surface area contributed by atoms with E-state index in [1.807, 2.05) is 48.8 Å². The fourth-order valence-electron chi connectivity index (χ4n) is 1.66. The normalized spacial score (nSPS) is 10.9. The van der Waals surface area contributed by atoms with Gasteiger partial charge in [0.15, 0.2) is 11.4 Å². The first-order valence-corrected chi connectivity index (χ1v) is 7.88. The second kappa shape index (κ2) is 7.13. The van der Waals surface area contributed by atoms with Gasteiger partial charge >= 0.3 is 0 Å². The summed E-state index contributed by atoms with van der Waals surface area (Å²) in [6, 6.07) is 16.1. The smallest absolute Gasteiger partial charge is 0.183 e. The van der Waals surface area contributed by atoms with E-state index < -0.39 is 0 Å². The number of aliphatic imine (C=N–C) groups is 1. The summed E-state index contributed by atoms with van der Waals surface area (Å²) in [4.78, 5) is 4.35. The lowest BCUT2D eigenvalue weighted by molar-refractivity contribution is 1.28. The monoisotopic (exact) mass is 345 g/mol. The molecule has 2 aromatic rings. The molecule has 2 rings (SSSR count). The van der Waals surface area contributed by atoms with Gasteiger partial charge in [0.25, 0.3) is 0 Å². The molecule has 0 aromatic heterocycles. The molecule has 0 saturated carbocycles. The minimum Gasteiger partial charge on any atom is -0.271 e. The van der Waals surface area contributed by atoms with Gasteiger partial charge in [0.05, 0.1) is 5.69 Å². The van der Waals surface area contributed by atoms with Crippen LogP contribution in [0.2, 0.25) is 0 Å². The summed E-state index contributed by atoms with van der Waals surface area (Å²) in [6.45, 7) is 0. The molecule has 0 saturated heterocycles. The van der Waals surface area contributed by atoms with Gasteiger partial charge in [0.2, 0.25) is 0 Å². The van der Waals surface area contributed by atoms with Crippen LogP contribution in [-0.2, 0) is 0 Å². The van der Waals surface area contributed by atoms with Gasteiger partial charge in [-0.1, -0.05) is 52.0 Å². The van der Waals surface area contributed by atoms with Gasteiger partial charge in [-0.25, -0.2) is 4.99 Å². The Balaban J connectivity index is 2.22. The molecule has 0 radical (unpaired) electrons. The van der Waals surface area contributed by atoms with E-state index in [-0.39, 0.29) is 0 Å². The lowest BCUT2D eigenvalue weighted by Gasteiger charge is -2.03. The second-order valence-corrected chi connectivity index (χ2v) is 5.62. The fourth-order valence-corrected chi connectivity index (χ4v) is 2.27. The van der Waals surface area contributed by atoms with Crippen molar-refractivity contribution in [3.63, 3.8) is 0 Å². The molecule has 1 N–H and O–H groups in total. The van der Waals surface area contributed by atoms with Gasteiger partial charge in [0, 0.05) is 4.47 Å². The summed E-state index contributed by atoms with van der Waals surface area (Å²) in [5.41, 5.74) is 3.11. The first kappa shape index (κ1) is 14.6. The molecule has 0 unspecified atom stereocenters. The Morgan fingerprint density at radius 1 is 1.10 bits per heavy atom. The van der Waals surface area contributed by atoms with E-state index in [0.717, 1.165) is 21.3 Å². The zero-order chi connectivity index (χ0) is 14.4. The molecule has 0 spiro atoms. The number of nitriles is 1. The van der Waals surface area contributed by atoms with Gasteiger partial charge in [-0.2, -0.15) is 5.26 Å². The van der Waals surface area contributed by atoms with Gasteiger partial charge in [0.1, 0.15) is 0 Å². The minimum atomic E-state index is 0.587. The number of hydrogen-bond acceptors (Lipinski definition) is 3. The van der Waals surface area contributed by atoms with Crippen molar-refractivity contribution in [2.75, 3.05) is 6.26 Å². The Labute approximate surface area is 130 Å². The van der Waals surface area contributed by atoms with Gasteiger partial charge < -0.3 is 0 Å². The number of hydrogen-bond donors (Lipinski definition) is 1. The second-order valence-electron chi connectivity index (χ2n) is 3.91. The van der Waals surface area contributed by atoms with Crippen LogP contribution in [0.15, 0.2) is 58.0 Å². The number of nitrogens with zero attached hydrogens (tertiary/aromatic N) is 2. The number of amidine groups is 1. The van der Waals surface area contributed by atoms with Crippen LogP contribution < -0.4 is 5.32 Å². The predicted molar refractivity (Wildman–Crippen MR) is 88.9 cm³/mol. The topological polar surface area (TPSA) is 48.2 Å². The van der Waals surface area contributed by atoms with E-state index in [2.05, 4.69) is 38.4 Å². The molecule has 100 valence electrons. The van der Waals surface area contributed by atoms with Crippen LogP contribution in [0.4, 0.5) is 5.69 Å². The van der Waals surface area contributed by atoms with Crippen molar-refractivity contribution in [1.82, 2.24) is 5.32 Å². The fraction of sp³-hybridized carbons (Fsp3) is 0.0667. The zero-order valence-electron chi connectivity index (χ0n) is 10.8. The standard InChI is InChI=1S/C15H12BrN3S/c1-20-15(18-10-17)19-14-8-4-12(5-9-14)11-2-6-13(16)7-3-11/h2-9H,1H3,(H,18,19). The minimum absolute atomic E-state index is 0.587. The molecular weight excluding hydrogens is 334 g/mol. The number of rotatable bonds is 2. The van der Waals surface area contributed by atoms with Crippen molar-refractivity contribution in [2.24, 2.45) is 4.99 Å². The van der Waals surface area contributed by atoms with E-state index in [1.165, 1.54) is 11.8 Å². The van der Waals surface area contributed by atoms with Crippen molar-refractivity contribution in [3.05, 3.63) is 53.0 Å². The van der Waals surface area contributed by atoms with Crippen LogP contribution in [0, 0.1) is 11.5 Å². The summed E-state index contributed by atoms with van der Waals surface area (Å²) in [5.74, 6) is 0. The summed E-state index contributed by atoms with van der Waals surface area (Å²) >= 11 is 4.83. The van der Waals surface area contributed by atoms with Crippen molar-refractivity contribution in [3.8, 4) is 17.3 Å². The maximum Gasteiger partial charge on any atom is 0.183 e. The number of halogens is 1. The quantitative estimate of drug-likeness (QED) is 0.376. The molecule has 0 aliphatic rings. The van der Waals surface area contributed by atoms with E-state index >= 15 is 0 Å². The molecule has 0 bridgehead atoms. The van der Waals surface area contributed by atoms with Crippen molar-refractivity contribution < 1.29 is 0 Å². The zero-order valence-corrected chi connectivity index (χ0v) is 13.2. The highest BCUT2D eigenvalue weighted by molar-refractivity contribution is 9.10. The summed E-state index contributed by atoms with van der Waals surface area (Å²) in [7, 11) is 0. The Kier molecular flexibility index (Phi) is 5.22. The molecular formula is C15H12BrN3S. The first-order chi connectivity index (χ1) is 9.72. The SMILES string of the molecule is CSC(=Nc1ccc(-c2ccc(Br)cc2)cc1)NC#N.